The van der Waals surface area contributed by atoms with Crippen LogP contribution in [0.4, 0.5) is 0 Å². The molecule has 2 heterocycles. The van der Waals surface area contributed by atoms with Crippen LogP contribution in [0.15, 0.2) is 0 Å². The summed E-state index contributed by atoms with van der Waals surface area (Å²) in [5.41, 5.74) is 1.27. The van der Waals surface area contributed by atoms with E-state index >= 15 is 0 Å². The lowest BCUT2D eigenvalue weighted by Crippen LogP contribution is -2.45. The van der Waals surface area contributed by atoms with Crippen LogP contribution in [0.2, 0.25) is 5.15 Å². The van der Waals surface area contributed by atoms with Crippen LogP contribution in [0.1, 0.15) is 49.7 Å². The Morgan fingerprint density at radius 1 is 1.55 bits per heavy atom. The van der Waals surface area contributed by atoms with Crippen molar-refractivity contribution >= 4 is 17.5 Å². The van der Waals surface area contributed by atoms with E-state index in [0.29, 0.717) is 17.1 Å². The lowest BCUT2D eigenvalue weighted by Gasteiger charge is -2.32. The summed E-state index contributed by atoms with van der Waals surface area (Å²) in [4.78, 5) is 14.9. The predicted octanol–water partition coefficient (Wildman–Crippen LogP) is 2.49. The van der Waals surface area contributed by atoms with Gasteiger partial charge in [-0.2, -0.15) is 5.10 Å². The number of nitrogens with zero attached hydrogens (tertiary/aromatic N) is 3. The average molecular weight is 327 g/mol. The molecule has 0 bridgehead atoms. The van der Waals surface area contributed by atoms with Crippen molar-refractivity contribution in [3.63, 3.8) is 0 Å². The van der Waals surface area contributed by atoms with Crippen LogP contribution >= 0.6 is 11.6 Å². The van der Waals surface area contributed by atoms with E-state index in [4.69, 9.17) is 11.6 Å². The Morgan fingerprint density at radius 3 is 2.91 bits per heavy atom. The molecule has 2 atom stereocenters. The maximum Gasteiger partial charge on any atom is 0.256 e. The molecule has 1 aromatic rings. The number of amides is 1. The van der Waals surface area contributed by atoms with Crippen LogP contribution in [0.3, 0.4) is 0 Å². The third-order valence-corrected chi connectivity index (χ3v) is 4.70. The number of hydrogen-bond acceptors (Lipinski definition) is 3. The topological polar surface area (TPSA) is 50.2 Å². The van der Waals surface area contributed by atoms with E-state index in [0.717, 1.165) is 31.2 Å². The normalized spacial score (nSPS) is 20.9. The van der Waals surface area contributed by atoms with Gasteiger partial charge in [0, 0.05) is 26.2 Å². The minimum atomic E-state index is -0.118. The largest absolute Gasteiger partial charge is 0.348 e. The number of nitrogens with one attached hydrogen (secondary N) is 1. The van der Waals surface area contributed by atoms with Crippen molar-refractivity contribution in [1.29, 1.82) is 0 Å². The standard InChI is InChI=1S/C16H27ClN4O/c1-5-13-14(15(17)20(4)19-13)16(22)18-12(3)10-21-8-6-7-11(2)9-21/h11-12H,5-10H2,1-4H3,(H,18,22)/t11-,12-/m1/s1. The molecule has 0 aromatic carbocycles. The fourth-order valence-electron chi connectivity index (χ4n) is 3.21. The highest BCUT2D eigenvalue weighted by molar-refractivity contribution is 6.33. The molecule has 0 saturated carbocycles. The smallest absolute Gasteiger partial charge is 0.256 e. The van der Waals surface area contributed by atoms with Crippen molar-refractivity contribution in [3.05, 3.63) is 16.4 Å². The molecule has 1 amide bonds. The number of aryl methyl sites for hydroxylation is 2. The van der Waals surface area contributed by atoms with Gasteiger partial charge in [0.1, 0.15) is 5.15 Å². The second-order valence-corrected chi connectivity index (χ2v) is 6.83. The number of halogens is 1. The summed E-state index contributed by atoms with van der Waals surface area (Å²) < 4.78 is 1.56. The highest BCUT2D eigenvalue weighted by Crippen LogP contribution is 2.20. The van der Waals surface area contributed by atoms with Gasteiger partial charge < -0.3 is 10.2 Å². The molecule has 5 nitrogen and oxygen atoms in total. The Morgan fingerprint density at radius 2 is 2.27 bits per heavy atom. The molecular weight excluding hydrogens is 300 g/mol. The molecule has 1 N–H and O–H groups in total. The molecule has 6 heteroatoms. The van der Waals surface area contributed by atoms with Gasteiger partial charge in [-0.3, -0.25) is 9.48 Å². The quantitative estimate of drug-likeness (QED) is 0.904. The van der Waals surface area contributed by atoms with E-state index < -0.39 is 0 Å². The first kappa shape index (κ1) is 17.3. The first-order valence-electron chi connectivity index (χ1n) is 8.16. The molecule has 0 aliphatic carbocycles. The summed E-state index contributed by atoms with van der Waals surface area (Å²) in [7, 11) is 1.76. The lowest BCUT2D eigenvalue weighted by atomic mass is 10.00. The van der Waals surface area contributed by atoms with Crippen molar-refractivity contribution in [2.45, 2.75) is 46.1 Å². The number of carbonyl (C=O) groups is 1. The molecule has 1 fully saturated rings. The number of hydrogen-bond donors (Lipinski definition) is 1. The molecule has 0 unspecified atom stereocenters. The SMILES string of the molecule is CCc1nn(C)c(Cl)c1C(=O)N[C@H](C)CN1CCC[C@@H](C)C1. The van der Waals surface area contributed by atoms with Crippen molar-refractivity contribution in [3.8, 4) is 0 Å². The number of piperidine rings is 1. The zero-order valence-corrected chi connectivity index (χ0v) is 14.8. The van der Waals surface area contributed by atoms with Crippen molar-refractivity contribution in [2.24, 2.45) is 13.0 Å². The number of carbonyl (C=O) groups excluding carboxylic acids is 1. The van der Waals surface area contributed by atoms with Crippen LogP contribution in [0.25, 0.3) is 0 Å². The molecule has 1 saturated heterocycles. The monoisotopic (exact) mass is 326 g/mol. The second kappa shape index (κ2) is 7.47. The zero-order valence-electron chi connectivity index (χ0n) is 14.0. The van der Waals surface area contributed by atoms with E-state index in [1.54, 1.807) is 11.7 Å². The highest BCUT2D eigenvalue weighted by atomic mass is 35.5. The summed E-state index contributed by atoms with van der Waals surface area (Å²) in [6.07, 6.45) is 3.25. The third-order valence-electron chi connectivity index (χ3n) is 4.26. The van der Waals surface area contributed by atoms with Gasteiger partial charge in [0.25, 0.3) is 5.91 Å². The molecule has 124 valence electrons. The molecule has 1 aliphatic rings. The molecule has 1 aliphatic heterocycles. The van der Waals surface area contributed by atoms with Gasteiger partial charge in [0.05, 0.1) is 11.3 Å². The number of aromatic nitrogens is 2. The summed E-state index contributed by atoms with van der Waals surface area (Å²) in [6.45, 7) is 9.45. The molecule has 0 radical (unpaired) electrons. The van der Waals surface area contributed by atoms with Crippen molar-refractivity contribution in [1.82, 2.24) is 20.0 Å². The summed E-state index contributed by atoms with van der Waals surface area (Å²) in [5.74, 6) is 0.628. The Balaban J connectivity index is 1.96. The van der Waals surface area contributed by atoms with Gasteiger partial charge in [-0.25, -0.2) is 0 Å². The fourth-order valence-corrected chi connectivity index (χ4v) is 3.44. The molecule has 2 rings (SSSR count). The maximum absolute atomic E-state index is 12.5. The van der Waals surface area contributed by atoms with Crippen LogP contribution in [-0.2, 0) is 13.5 Å². The van der Waals surface area contributed by atoms with Crippen LogP contribution < -0.4 is 5.32 Å². The third kappa shape index (κ3) is 4.02. The van der Waals surface area contributed by atoms with Gasteiger partial charge in [0.15, 0.2) is 0 Å². The minimum absolute atomic E-state index is 0.0961. The Bertz CT molecular complexity index is 528. The van der Waals surface area contributed by atoms with E-state index in [2.05, 4.69) is 22.2 Å². The number of rotatable bonds is 5. The predicted molar refractivity (Wildman–Crippen MR) is 89.4 cm³/mol. The van der Waals surface area contributed by atoms with Gasteiger partial charge in [-0.1, -0.05) is 25.4 Å². The van der Waals surface area contributed by atoms with Gasteiger partial charge in [-0.05, 0) is 38.6 Å². The van der Waals surface area contributed by atoms with Crippen molar-refractivity contribution in [2.75, 3.05) is 19.6 Å². The second-order valence-electron chi connectivity index (χ2n) is 6.47. The van der Waals surface area contributed by atoms with Gasteiger partial charge in [0.2, 0.25) is 0 Å². The highest BCUT2D eigenvalue weighted by Gasteiger charge is 2.23. The molecule has 0 spiro atoms. The fraction of sp³-hybridized carbons (Fsp3) is 0.750. The zero-order chi connectivity index (χ0) is 16.3. The first-order chi connectivity index (χ1) is 10.4. The van der Waals surface area contributed by atoms with Crippen LogP contribution in [0.5, 0.6) is 0 Å². The Labute approximate surface area is 138 Å². The summed E-state index contributed by atoms with van der Waals surface area (Å²) in [6, 6.07) is 0.0961. The molecular formula is C16H27ClN4O. The lowest BCUT2D eigenvalue weighted by molar-refractivity contribution is 0.0919. The van der Waals surface area contributed by atoms with E-state index in [1.807, 2.05) is 13.8 Å². The molecule has 1 aromatic heterocycles. The van der Waals surface area contributed by atoms with E-state index in [1.165, 1.54) is 12.8 Å². The van der Waals surface area contributed by atoms with Crippen LogP contribution in [0, 0.1) is 5.92 Å². The van der Waals surface area contributed by atoms with Crippen LogP contribution in [-0.4, -0.2) is 46.3 Å². The summed E-state index contributed by atoms with van der Waals surface area (Å²) in [5, 5.41) is 7.78. The Kier molecular flexibility index (Phi) is 5.87. The van der Waals surface area contributed by atoms with Gasteiger partial charge in [-0.15, -0.1) is 0 Å². The minimum Gasteiger partial charge on any atom is -0.348 e. The molecule has 22 heavy (non-hydrogen) atoms. The van der Waals surface area contributed by atoms with Gasteiger partial charge >= 0.3 is 0 Å². The maximum atomic E-state index is 12.5. The number of likely N-dealkylation sites (tertiary alicyclic amines) is 1. The van der Waals surface area contributed by atoms with Crippen molar-refractivity contribution < 1.29 is 4.79 Å². The van der Waals surface area contributed by atoms with E-state index in [9.17, 15) is 4.79 Å². The first-order valence-corrected chi connectivity index (χ1v) is 8.54. The Hall–Kier alpha value is -1.07. The van der Waals surface area contributed by atoms with E-state index in [-0.39, 0.29) is 11.9 Å². The average Bonchev–Trinajstić information content (AvgIpc) is 2.74. The summed E-state index contributed by atoms with van der Waals surface area (Å²) >= 11 is 6.21.